The molecule has 0 fully saturated rings. The van der Waals surface area contributed by atoms with Gasteiger partial charge in [-0.1, -0.05) is 6.92 Å². The zero-order valence-corrected chi connectivity index (χ0v) is 9.01. The Kier molecular flexibility index (Phi) is 5.07. The first-order chi connectivity index (χ1) is 6.83. The molecule has 0 radical (unpaired) electrons. The van der Waals surface area contributed by atoms with Gasteiger partial charge in [-0.25, -0.2) is 0 Å². The number of nitrogens with one attached hydrogen (secondary N) is 1. The van der Waals surface area contributed by atoms with Gasteiger partial charge in [-0.2, -0.15) is 11.8 Å². The van der Waals surface area contributed by atoms with Gasteiger partial charge in [-0.3, -0.25) is 9.78 Å². The number of carbonyl (C=O) groups is 1. The molecule has 1 heterocycles. The van der Waals surface area contributed by atoms with Crippen LogP contribution in [0.5, 0.6) is 0 Å². The van der Waals surface area contributed by atoms with Crippen LogP contribution in [0.1, 0.15) is 13.3 Å². The highest BCUT2D eigenvalue weighted by Crippen LogP contribution is 2.05. The zero-order valence-electron chi connectivity index (χ0n) is 8.19. The van der Waals surface area contributed by atoms with Gasteiger partial charge in [-0.05, 0) is 17.9 Å². The Morgan fingerprint density at radius 2 is 2.50 bits per heavy atom. The number of amides is 1. The van der Waals surface area contributed by atoms with Crippen molar-refractivity contribution in [3.63, 3.8) is 0 Å². The van der Waals surface area contributed by atoms with E-state index < -0.39 is 0 Å². The lowest BCUT2D eigenvalue weighted by Gasteiger charge is -2.03. The van der Waals surface area contributed by atoms with Crippen LogP contribution in [0.2, 0.25) is 0 Å². The van der Waals surface area contributed by atoms with Crippen LogP contribution in [-0.2, 0) is 4.79 Å². The van der Waals surface area contributed by atoms with E-state index in [0.29, 0.717) is 6.42 Å². The molecular formula is C10H14N2OS. The van der Waals surface area contributed by atoms with Crippen molar-refractivity contribution >= 4 is 23.4 Å². The van der Waals surface area contributed by atoms with Crippen molar-refractivity contribution in [1.82, 2.24) is 4.98 Å². The van der Waals surface area contributed by atoms with Crippen LogP contribution >= 0.6 is 11.8 Å². The number of rotatable bonds is 5. The number of hydrogen-bond acceptors (Lipinski definition) is 3. The lowest BCUT2D eigenvalue weighted by molar-refractivity contribution is -0.115. The first-order valence-electron chi connectivity index (χ1n) is 4.60. The SMILES string of the molecule is CCSCCC(=O)Nc1cccnc1. The van der Waals surface area contributed by atoms with Gasteiger partial charge in [0.05, 0.1) is 11.9 Å². The quantitative estimate of drug-likeness (QED) is 0.757. The minimum absolute atomic E-state index is 0.0546. The lowest BCUT2D eigenvalue weighted by Crippen LogP contribution is -2.12. The van der Waals surface area contributed by atoms with E-state index in [1.165, 1.54) is 0 Å². The summed E-state index contributed by atoms with van der Waals surface area (Å²) >= 11 is 1.77. The summed E-state index contributed by atoms with van der Waals surface area (Å²) in [6, 6.07) is 3.63. The predicted octanol–water partition coefficient (Wildman–Crippen LogP) is 2.16. The topological polar surface area (TPSA) is 42.0 Å². The van der Waals surface area contributed by atoms with Crippen molar-refractivity contribution < 1.29 is 4.79 Å². The number of aromatic nitrogens is 1. The van der Waals surface area contributed by atoms with Crippen molar-refractivity contribution in [1.29, 1.82) is 0 Å². The molecule has 1 amide bonds. The van der Waals surface area contributed by atoms with E-state index in [9.17, 15) is 4.79 Å². The van der Waals surface area contributed by atoms with E-state index in [4.69, 9.17) is 0 Å². The van der Waals surface area contributed by atoms with Gasteiger partial charge in [0.1, 0.15) is 0 Å². The Morgan fingerprint density at radius 1 is 1.64 bits per heavy atom. The highest BCUT2D eigenvalue weighted by molar-refractivity contribution is 7.99. The van der Waals surface area contributed by atoms with Gasteiger partial charge >= 0.3 is 0 Å². The highest BCUT2D eigenvalue weighted by Gasteiger charge is 2.00. The summed E-state index contributed by atoms with van der Waals surface area (Å²) in [7, 11) is 0. The van der Waals surface area contributed by atoms with Crippen LogP contribution in [0.4, 0.5) is 5.69 Å². The smallest absolute Gasteiger partial charge is 0.225 e. The number of pyridine rings is 1. The number of anilines is 1. The van der Waals surface area contributed by atoms with Crippen molar-refractivity contribution in [2.75, 3.05) is 16.8 Å². The molecule has 0 saturated heterocycles. The molecule has 0 aromatic carbocycles. The van der Waals surface area contributed by atoms with E-state index >= 15 is 0 Å². The third kappa shape index (κ3) is 4.28. The monoisotopic (exact) mass is 210 g/mol. The first kappa shape index (κ1) is 11.0. The van der Waals surface area contributed by atoms with E-state index in [1.54, 1.807) is 30.2 Å². The second-order valence-corrected chi connectivity index (χ2v) is 4.13. The van der Waals surface area contributed by atoms with Crippen LogP contribution in [-0.4, -0.2) is 22.4 Å². The Hall–Kier alpha value is -1.03. The van der Waals surface area contributed by atoms with Crippen LogP contribution in [0.3, 0.4) is 0 Å². The minimum Gasteiger partial charge on any atom is -0.325 e. The Morgan fingerprint density at radius 3 is 3.14 bits per heavy atom. The zero-order chi connectivity index (χ0) is 10.2. The van der Waals surface area contributed by atoms with E-state index in [1.807, 2.05) is 6.07 Å². The highest BCUT2D eigenvalue weighted by atomic mass is 32.2. The summed E-state index contributed by atoms with van der Waals surface area (Å²) in [6.07, 6.45) is 3.89. The molecule has 0 aliphatic carbocycles. The molecule has 0 spiro atoms. The van der Waals surface area contributed by atoms with E-state index in [2.05, 4.69) is 17.2 Å². The van der Waals surface area contributed by atoms with E-state index in [0.717, 1.165) is 17.2 Å². The summed E-state index contributed by atoms with van der Waals surface area (Å²) in [5.41, 5.74) is 0.763. The fourth-order valence-corrected chi connectivity index (χ4v) is 1.59. The molecule has 0 saturated carbocycles. The van der Waals surface area contributed by atoms with Crippen molar-refractivity contribution in [2.45, 2.75) is 13.3 Å². The summed E-state index contributed by atoms with van der Waals surface area (Å²) in [4.78, 5) is 15.2. The van der Waals surface area contributed by atoms with Crippen LogP contribution in [0.25, 0.3) is 0 Å². The Labute approximate surface area is 88.3 Å². The number of thioether (sulfide) groups is 1. The third-order valence-electron chi connectivity index (χ3n) is 1.62. The molecule has 0 aliphatic rings. The van der Waals surface area contributed by atoms with Gasteiger partial charge in [0.25, 0.3) is 0 Å². The van der Waals surface area contributed by atoms with Crippen molar-refractivity contribution in [3.8, 4) is 0 Å². The fourth-order valence-electron chi connectivity index (χ4n) is 0.969. The van der Waals surface area contributed by atoms with Crippen molar-refractivity contribution in [3.05, 3.63) is 24.5 Å². The maximum Gasteiger partial charge on any atom is 0.225 e. The molecule has 1 rings (SSSR count). The maximum atomic E-state index is 11.3. The molecule has 0 unspecified atom stereocenters. The van der Waals surface area contributed by atoms with Gasteiger partial charge < -0.3 is 5.32 Å². The molecule has 0 atom stereocenters. The molecule has 0 bridgehead atoms. The molecule has 14 heavy (non-hydrogen) atoms. The third-order valence-corrected chi connectivity index (χ3v) is 2.52. The lowest BCUT2D eigenvalue weighted by atomic mass is 10.4. The van der Waals surface area contributed by atoms with Crippen LogP contribution in [0, 0.1) is 0 Å². The average Bonchev–Trinajstić information content (AvgIpc) is 2.20. The molecule has 4 heteroatoms. The van der Waals surface area contributed by atoms with Gasteiger partial charge in [0, 0.05) is 18.4 Å². The normalized spacial score (nSPS) is 9.79. The van der Waals surface area contributed by atoms with Crippen molar-refractivity contribution in [2.24, 2.45) is 0 Å². The number of hydrogen-bond donors (Lipinski definition) is 1. The summed E-state index contributed by atoms with van der Waals surface area (Å²) in [6.45, 7) is 2.09. The second-order valence-electron chi connectivity index (χ2n) is 2.74. The summed E-state index contributed by atoms with van der Waals surface area (Å²) in [5.74, 6) is 1.99. The predicted molar refractivity (Wildman–Crippen MR) is 60.5 cm³/mol. The van der Waals surface area contributed by atoms with Gasteiger partial charge in [0.15, 0.2) is 0 Å². The molecular weight excluding hydrogens is 196 g/mol. The average molecular weight is 210 g/mol. The number of nitrogens with zero attached hydrogens (tertiary/aromatic N) is 1. The first-order valence-corrected chi connectivity index (χ1v) is 5.76. The molecule has 1 aromatic rings. The van der Waals surface area contributed by atoms with Crippen LogP contribution < -0.4 is 5.32 Å². The summed E-state index contributed by atoms with van der Waals surface area (Å²) < 4.78 is 0. The molecule has 1 aromatic heterocycles. The Balaban J connectivity index is 2.27. The molecule has 1 N–H and O–H groups in total. The largest absolute Gasteiger partial charge is 0.325 e. The molecule has 3 nitrogen and oxygen atoms in total. The fraction of sp³-hybridized carbons (Fsp3) is 0.400. The number of carbonyl (C=O) groups excluding carboxylic acids is 1. The molecule has 76 valence electrons. The van der Waals surface area contributed by atoms with Crippen LogP contribution in [0.15, 0.2) is 24.5 Å². The second kappa shape index (κ2) is 6.43. The summed E-state index contributed by atoms with van der Waals surface area (Å²) in [5, 5.41) is 2.79. The van der Waals surface area contributed by atoms with Gasteiger partial charge in [-0.15, -0.1) is 0 Å². The Bertz CT molecular complexity index is 277. The standard InChI is InChI=1S/C10H14N2OS/c1-2-14-7-5-10(13)12-9-4-3-6-11-8-9/h3-4,6,8H,2,5,7H2,1H3,(H,12,13). The van der Waals surface area contributed by atoms with E-state index in [-0.39, 0.29) is 5.91 Å². The minimum atomic E-state index is 0.0546. The molecule has 0 aliphatic heterocycles. The maximum absolute atomic E-state index is 11.3. The van der Waals surface area contributed by atoms with Gasteiger partial charge in [0.2, 0.25) is 5.91 Å².